The Morgan fingerprint density at radius 1 is 1.25 bits per heavy atom. The molecular formula is C17H20N2O4S. The van der Waals surface area contributed by atoms with E-state index in [2.05, 4.69) is 4.98 Å². The molecule has 2 aromatic rings. The Morgan fingerprint density at radius 3 is 2.42 bits per heavy atom. The van der Waals surface area contributed by atoms with Gasteiger partial charge in [0.15, 0.2) is 0 Å². The van der Waals surface area contributed by atoms with Gasteiger partial charge in [-0.2, -0.15) is 0 Å². The first-order valence-corrected chi connectivity index (χ1v) is 8.54. The minimum absolute atomic E-state index is 0.186. The SMILES string of the molecule is CCOC(=O)c1c(N(c2ccc(C)cc2)S(=O)O)cc(C)nc1C. The van der Waals surface area contributed by atoms with Gasteiger partial charge in [0.1, 0.15) is 5.56 Å². The first kappa shape index (κ1) is 18.1. The van der Waals surface area contributed by atoms with Crippen molar-refractivity contribution in [2.75, 3.05) is 10.9 Å². The summed E-state index contributed by atoms with van der Waals surface area (Å²) in [5, 5.41) is 0. The van der Waals surface area contributed by atoms with Crippen molar-refractivity contribution in [1.29, 1.82) is 0 Å². The molecule has 0 saturated carbocycles. The van der Waals surface area contributed by atoms with Gasteiger partial charge in [-0.05, 0) is 45.9 Å². The van der Waals surface area contributed by atoms with Gasteiger partial charge in [0.2, 0.25) is 0 Å². The molecule has 1 unspecified atom stereocenters. The van der Waals surface area contributed by atoms with Crippen LogP contribution < -0.4 is 4.31 Å². The first-order valence-electron chi connectivity index (χ1n) is 7.48. The number of benzene rings is 1. The summed E-state index contributed by atoms with van der Waals surface area (Å²) < 4.78 is 28.1. The van der Waals surface area contributed by atoms with Crippen molar-refractivity contribution in [3.63, 3.8) is 0 Å². The van der Waals surface area contributed by atoms with Gasteiger partial charge in [0.25, 0.3) is 11.3 Å². The molecule has 0 spiro atoms. The van der Waals surface area contributed by atoms with Gasteiger partial charge in [-0.1, -0.05) is 17.7 Å². The molecule has 1 heterocycles. The average molecular weight is 348 g/mol. The maximum absolute atomic E-state index is 12.3. The zero-order valence-electron chi connectivity index (χ0n) is 14.1. The van der Waals surface area contributed by atoms with Crippen molar-refractivity contribution in [1.82, 2.24) is 4.98 Å². The summed E-state index contributed by atoms with van der Waals surface area (Å²) in [5.41, 5.74) is 3.09. The van der Waals surface area contributed by atoms with E-state index in [9.17, 15) is 13.6 Å². The van der Waals surface area contributed by atoms with Crippen molar-refractivity contribution >= 4 is 28.6 Å². The molecule has 1 N–H and O–H groups in total. The highest BCUT2D eigenvalue weighted by Crippen LogP contribution is 2.32. The van der Waals surface area contributed by atoms with Crippen LogP contribution in [0.4, 0.5) is 11.4 Å². The molecule has 128 valence electrons. The van der Waals surface area contributed by atoms with Gasteiger partial charge in [0.05, 0.1) is 23.7 Å². The van der Waals surface area contributed by atoms with Crippen LogP contribution in [0.1, 0.15) is 34.2 Å². The average Bonchev–Trinajstić information content (AvgIpc) is 2.48. The van der Waals surface area contributed by atoms with E-state index in [1.807, 2.05) is 19.1 Å². The van der Waals surface area contributed by atoms with Crippen LogP contribution in [0.2, 0.25) is 0 Å². The quantitative estimate of drug-likeness (QED) is 0.661. The summed E-state index contributed by atoms with van der Waals surface area (Å²) in [6.45, 7) is 7.28. The number of carbonyl (C=O) groups is 1. The van der Waals surface area contributed by atoms with E-state index in [1.165, 1.54) is 4.31 Å². The molecule has 24 heavy (non-hydrogen) atoms. The lowest BCUT2D eigenvalue weighted by atomic mass is 10.1. The number of anilines is 2. The van der Waals surface area contributed by atoms with Crippen molar-refractivity contribution in [2.24, 2.45) is 0 Å². The smallest absolute Gasteiger partial charge is 0.342 e. The topological polar surface area (TPSA) is 79.7 Å². The summed E-state index contributed by atoms with van der Waals surface area (Å²) in [6, 6.07) is 8.72. The molecule has 0 radical (unpaired) electrons. The number of hydrogen-bond donors (Lipinski definition) is 1. The van der Waals surface area contributed by atoms with Crippen molar-refractivity contribution in [3.8, 4) is 0 Å². The van der Waals surface area contributed by atoms with Crippen LogP contribution >= 0.6 is 0 Å². The zero-order chi connectivity index (χ0) is 17.9. The normalized spacial score (nSPS) is 11.9. The lowest BCUT2D eigenvalue weighted by molar-refractivity contribution is 0.0526. The maximum atomic E-state index is 12.3. The fourth-order valence-corrected chi connectivity index (χ4v) is 3.03. The predicted octanol–water partition coefficient (Wildman–Crippen LogP) is 3.46. The minimum Gasteiger partial charge on any atom is -0.462 e. The van der Waals surface area contributed by atoms with E-state index in [0.29, 0.717) is 22.8 Å². The number of esters is 1. The van der Waals surface area contributed by atoms with E-state index in [0.717, 1.165) is 5.56 Å². The van der Waals surface area contributed by atoms with Gasteiger partial charge >= 0.3 is 5.97 Å². The third-order valence-electron chi connectivity index (χ3n) is 3.43. The first-order chi connectivity index (χ1) is 11.3. The van der Waals surface area contributed by atoms with Crippen LogP contribution in [0, 0.1) is 20.8 Å². The third-order valence-corrected chi connectivity index (χ3v) is 4.15. The Labute approximate surface area is 143 Å². The van der Waals surface area contributed by atoms with Crippen LogP contribution in [0.15, 0.2) is 30.3 Å². The van der Waals surface area contributed by atoms with Crippen LogP contribution in [0.5, 0.6) is 0 Å². The Kier molecular flexibility index (Phi) is 5.69. The lowest BCUT2D eigenvalue weighted by Crippen LogP contribution is -2.23. The highest BCUT2D eigenvalue weighted by atomic mass is 32.2. The fraction of sp³-hybridized carbons (Fsp3) is 0.294. The summed E-state index contributed by atoms with van der Waals surface area (Å²) in [4.78, 5) is 16.6. The van der Waals surface area contributed by atoms with Crippen LogP contribution in [0.25, 0.3) is 0 Å². The molecule has 0 aliphatic rings. The van der Waals surface area contributed by atoms with E-state index in [4.69, 9.17) is 4.74 Å². The molecule has 2 rings (SSSR count). The number of carbonyl (C=O) groups excluding carboxylic acids is 1. The van der Waals surface area contributed by atoms with Crippen molar-refractivity contribution in [3.05, 3.63) is 52.8 Å². The molecule has 0 fully saturated rings. The van der Waals surface area contributed by atoms with Crippen LogP contribution in [-0.2, 0) is 16.0 Å². The number of rotatable bonds is 5. The molecule has 0 amide bonds. The fourth-order valence-electron chi connectivity index (χ4n) is 2.42. The lowest BCUT2D eigenvalue weighted by Gasteiger charge is -2.23. The van der Waals surface area contributed by atoms with Gasteiger partial charge in [-0.3, -0.25) is 9.54 Å². The van der Waals surface area contributed by atoms with E-state index < -0.39 is 17.2 Å². The number of aryl methyl sites for hydroxylation is 3. The summed E-state index contributed by atoms with van der Waals surface area (Å²) in [5.74, 6) is -0.569. The molecule has 1 aromatic carbocycles. The Hall–Kier alpha value is -2.25. The Bertz CT molecular complexity index is 775. The second kappa shape index (κ2) is 7.55. The largest absolute Gasteiger partial charge is 0.462 e. The Balaban J connectivity index is 2.67. The summed E-state index contributed by atoms with van der Waals surface area (Å²) >= 11 is -2.36. The number of nitrogens with zero attached hydrogens (tertiary/aromatic N) is 2. The summed E-state index contributed by atoms with van der Waals surface area (Å²) in [6.07, 6.45) is 0. The number of aromatic nitrogens is 1. The van der Waals surface area contributed by atoms with Crippen LogP contribution in [-0.4, -0.2) is 26.3 Å². The molecule has 7 heteroatoms. The molecule has 1 atom stereocenters. The van der Waals surface area contributed by atoms with Gasteiger partial charge < -0.3 is 4.74 Å². The Morgan fingerprint density at radius 2 is 1.88 bits per heavy atom. The van der Waals surface area contributed by atoms with E-state index in [1.54, 1.807) is 39.0 Å². The standard InChI is InChI=1S/C17H20N2O4S/c1-5-23-17(20)16-13(4)18-12(3)10-15(16)19(24(21)22)14-8-6-11(2)7-9-14/h6-10H,5H2,1-4H3,(H,21,22). The maximum Gasteiger partial charge on any atom is 0.342 e. The summed E-state index contributed by atoms with van der Waals surface area (Å²) in [7, 11) is 0. The molecule has 6 nitrogen and oxygen atoms in total. The van der Waals surface area contributed by atoms with E-state index in [-0.39, 0.29) is 12.2 Å². The highest BCUT2D eigenvalue weighted by Gasteiger charge is 2.25. The highest BCUT2D eigenvalue weighted by molar-refractivity contribution is 7.81. The monoisotopic (exact) mass is 348 g/mol. The molecule has 0 aliphatic heterocycles. The second-order valence-corrected chi connectivity index (χ2v) is 6.15. The number of pyridine rings is 1. The van der Waals surface area contributed by atoms with Gasteiger partial charge in [-0.25, -0.2) is 13.3 Å². The molecular weight excluding hydrogens is 328 g/mol. The number of ether oxygens (including phenoxy) is 1. The third kappa shape index (κ3) is 3.80. The van der Waals surface area contributed by atoms with Gasteiger partial charge in [0, 0.05) is 5.69 Å². The van der Waals surface area contributed by atoms with Crippen molar-refractivity contribution < 1.29 is 18.3 Å². The van der Waals surface area contributed by atoms with E-state index >= 15 is 0 Å². The predicted molar refractivity (Wildman–Crippen MR) is 93.8 cm³/mol. The minimum atomic E-state index is -2.36. The molecule has 0 aliphatic carbocycles. The second-order valence-electron chi connectivity index (χ2n) is 5.32. The van der Waals surface area contributed by atoms with Crippen molar-refractivity contribution in [2.45, 2.75) is 27.7 Å². The zero-order valence-corrected chi connectivity index (χ0v) is 14.9. The molecule has 1 aromatic heterocycles. The van der Waals surface area contributed by atoms with Gasteiger partial charge in [-0.15, -0.1) is 0 Å². The van der Waals surface area contributed by atoms with Crippen LogP contribution in [0.3, 0.4) is 0 Å². The molecule has 0 saturated heterocycles. The number of hydrogen-bond acceptors (Lipinski definition) is 4. The molecule has 0 bridgehead atoms.